The summed E-state index contributed by atoms with van der Waals surface area (Å²) in [7, 11) is 1.32. The number of amides is 1. The SMILES string of the molecule is COC(=O)c1c(NC(=O)[C@H](C)n2cc([N+](=O)[O-])cn2)sc2c1CCCCC2. The Hall–Kier alpha value is -2.75. The molecule has 1 aliphatic rings. The third-order valence-electron chi connectivity index (χ3n) is 4.62. The van der Waals surface area contributed by atoms with Gasteiger partial charge in [0.05, 0.1) is 17.6 Å². The number of aryl methyl sites for hydroxylation is 1. The van der Waals surface area contributed by atoms with Gasteiger partial charge in [0.25, 0.3) is 0 Å². The Labute approximate surface area is 159 Å². The minimum atomic E-state index is -0.772. The van der Waals surface area contributed by atoms with Gasteiger partial charge in [-0.2, -0.15) is 5.10 Å². The van der Waals surface area contributed by atoms with Gasteiger partial charge in [-0.3, -0.25) is 19.6 Å². The standard InChI is InChI=1S/C17H20N4O5S/c1-10(20-9-11(8-18-20)21(24)25)15(22)19-16-14(17(23)26-2)12-6-4-3-5-7-13(12)27-16/h8-10H,3-7H2,1-2H3,(H,19,22)/t10-/m0/s1. The van der Waals surface area contributed by atoms with Crippen molar-refractivity contribution in [3.8, 4) is 0 Å². The van der Waals surface area contributed by atoms with E-state index in [1.165, 1.54) is 29.3 Å². The van der Waals surface area contributed by atoms with Gasteiger partial charge in [0.15, 0.2) is 0 Å². The third-order valence-corrected chi connectivity index (χ3v) is 5.83. The molecule has 0 aromatic carbocycles. The molecule has 2 aromatic heterocycles. The number of methoxy groups -OCH3 is 1. The second-order valence-electron chi connectivity index (χ2n) is 6.36. The lowest BCUT2D eigenvalue weighted by molar-refractivity contribution is -0.385. The van der Waals surface area contributed by atoms with Crippen molar-refractivity contribution in [3.63, 3.8) is 0 Å². The fourth-order valence-electron chi connectivity index (χ4n) is 3.12. The number of hydrogen-bond donors (Lipinski definition) is 1. The summed E-state index contributed by atoms with van der Waals surface area (Å²) >= 11 is 1.40. The van der Waals surface area contributed by atoms with E-state index in [2.05, 4.69) is 10.4 Å². The molecule has 144 valence electrons. The van der Waals surface area contributed by atoms with Crippen LogP contribution in [0.4, 0.5) is 10.7 Å². The molecule has 10 heteroatoms. The van der Waals surface area contributed by atoms with E-state index in [1.54, 1.807) is 6.92 Å². The van der Waals surface area contributed by atoms with E-state index in [0.29, 0.717) is 10.6 Å². The average Bonchev–Trinajstić information content (AvgIpc) is 3.20. The van der Waals surface area contributed by atoms with E-state index in [9.17, 15) is 19.7 Å². The summed E-state index contributed by atoms with van der Waals surface area (Å²) in [5, 5.41) is 17.9. The van der Waals surface area contributed by atoms with Crippen LogP contribution in [0.15, 0.2) is 12.4 Å². The molecule has 0 unspecified atom stereocenters. The minimum Gasteiger partial charge on any atom is -0.465 e. The Kier molecular flexibility index (Phi) is 5.54. The maximum Gasteiger partial charge on any atom is 0.341 e. The lowest BCUT2D eigenvalue weighted by Crippen LogP contribution is -2.24. The molecule has 2 aromatic rings. The Morgan fingerprint density at radius 3 is 2.78 bits per heavy atom. The number of ether oxygens (including phenoxy) is 1. The van der Waals surface area contributed by atoms with Crippen molar-refractivity contribution < 1.29 is 19.2 Å². The summed E-state index contributed by atoms with van der Waals surface area (Å²) in [6, 6.07) is -0.772. The van der Waals surface area contributed by atoms with Gasteiger partial charge in [0, 0.05) is 4.88 Å². The van der Waals surface area contributed by atoms with E-state index in [4.69, 9.17) is 4.74 Å². The predicted octanol–water partition coefficient (Wildman–Crippen LogP) is 3.11. The van der Waals surface area contributed by atoms with Gasteiger partial charge in [-0.25, -0.2) is 4.79 Å². The number of thiophene rings is 1. The van der Waals surface area contributed by atoms with Crippen molar-refractivity contribution in [2.75, 3.05) is 12.4 Å². The van der Waals surface area contributed by atoms with Crippen LogP contribution < -0.4 is 5.32 Å². The first-order chi connectivity index (χ1) is 12.9. The molecule has 1 N–H and O–H groups in total. The van der Waals surface area contributed by atoms with Crippen LogP contribution in [0.2, 0.25) is 0 Å². The third kappa shape index (κ3) is 3.85. The molecule has 0 fully saturated rings. The van der Waals surface area contributed by atoms with Gasteiger partial charge in [-0.15, -0.1) is 11.3 Å². The quantitative estimate of drug-likeness (QED) is 0.362. The highest BCUT2D eigenvalue weighted by atomic mass is 32.1. The average molecular weight is 392 g/mol. The Morgan fingerprint density at radius 2 is 2.11 bits per heavy atom. The van der Waals surface area contributed by atoms with Gasteiger partial charge in [-0.1, -0.05) is 6.42 Å². The van der Waals surface area contributed by atoms with Gasteiger partial charge in [0.1, 0.15) is 23.4 Å². The van der Waals surface area contributed by atoms with Crippen molar-refractivity contribution >= 4 is 33.9 Å². The smallest absolute Gasteiger partial charge is 0.341 e. The summed E-state index contributed by atoms with van der Waals surface area (Å²) in [6.45, 7) is 1.59. The topological polar surface area (TPSA) is 116 Å². The lowest BCUT2D eigenvalue weighted by Gasteiger charge is -2.12. The zero-order chi connectivity index (χ0) is 19.6. The number of carbonyl (C=O) groups is 2. The first-order valence-electron chi connectivity index (χ1n) is 8.64. The van der Waals surface area contributed by atoms with Gasteiger partial charge >= 0.3 is 11.7 Å². The Morgan fingerprint density at radius 1 is 1.37 bits per heavy atom. The summed E-state index contributed by atoms with van der Waals surface area (Å²) < 4.78 is 6.15. The number of rotatable bonds is 5. The second-order valence-corrected chi connectivity index (χ2v) is 7.47. The molecule has 1 aliphatic carbocycles. The number of esters is 1. The highest BCUT2D eigenvalue weighted by molar-refractivity contribution is 7.17. The largest absolute Gasteiger partial charge is 0.465 e. The second kappa shape index (κ2) is 7.87. The van der Waals surface area contributed by atoms with E-state index in [0.717, 1.165) is 48.7 Å². The highest BCUT2D eigenvalue weighted by Gasteiger charge is 2.28. The molecule has 9 nitrogen and oxygen atoms in total. The van der Waals surface area contributed by atoms with Crippen LogP contribution >= 0.6 is 11.3 Å². The molecule has 1 amide bonds. The number of nitrogens with one attached hydrogen (secondary N) is 1. The maximum absolute atomic E-state index is 12.6. The van der Waals surface area contributed by atoms with Crippen LogP contribution in [0.1, 0.15) is 53.0 Å². The van der Waals surface area contributed by atoms with Crippen LogP contribution in [-0.2, 0) is 22.4 Å². The molecule has 0 bridgehead atoms. The van der Waals surface area contributed by atoms with E-state index < -0.39 is 22.8 Å². The fourth-order valence-corrected chi connectivity index (χ4v) is 4.40. The fraction of sp³-hybridized carbons (Fsp3) is 0.471. The van der Waals surface area contributed by atoms with Crippen LogP contribution in [0.3, 0.4) is 0 Å². The summed E-state index contributed by atoms with van der Waals surface area (Å²) in [5.74, 6) is -0.873. The number of fused-ring (bicyclic) bond motifs is 1. The number of anilines is 1. The number of hydrogen-bond acceptors (Lipinski definition) is 7. The first-order valence-corrected chi connectivity index (χ1v) is 9.46. The Bertz CT molecular complexity index is 888. The van der Waals surface area contributed by atoms with Crippen LogP contribution in [-0.4, -0.2) is 33.7 Å². The van der Waals surface area contributed by atoms with E-state index >= 15 is 0 Å². The molecule has 0 saturated heterocycles. The molecule has 0 saturated carbocycles. The molecule has 1 atom stereocenters. The van der Waals surface area contributed by atoms with Crippen molar-refractivity contribution in [2.24, 2.45) is 0 Å². The van der Waals surface area contributed by atoms with E-state index in [1.807, 2.05) is 0 Å². The molecule has 27 heavy (non-hydrogen) atoms. The Balaban J connectivity index is 1.86. The first kappa shape index (κ1) is 19.0. The van der Waals surface area contributed by atoms with Crippen molar-refractivity contribution in [2.45, 2.75) is 45.1 Å². The van der Waals surface area contributed by atoms with Gasteiger partial charge in [-0.05, 0) is 38.2 Å². The summed E-state index contributed by atoms with van der Waals surface area (Å²) in [5.41, 5.74) is 1.20. The van der Waals surface area contributed by atoms with Crippen molar-refractivity contribution in [1.82, 2.24) is 9.78 Å². The monoisotopic (exact) mass is 392 g/mol. The van der Waals surface area contributed by atoms with Crippen LogP contribution in [0.25, 0.3) is 0 Å². The number of carbonyl (C=O) groups excluding carboxylic acids is 2. The molecule has 2 heterocycles. The van der Waals surface area contributed by atoms with Crippen LogP contribution in [0, 0.1) is 10.1 Å². The lowest BCUT2D eigenvalue weighted by atomic mass is 10.1. The molecule has 3 rings (SSSR count). The molecule has 0 spiro atoms. The minimum absolute atomic E-state index is 0.187. The zero-order valence-corrected chi connectivity index (χ0v) is 15.9. The highest BCUT2D eigenvalue weighted by Crippen LogP contribution is 2.38. The van der Waals surface area contributed by atoms with Gasteiger partial charge in [0.2, 0.25) is 5.91 Å². The number of nitro groups is 1. The zero-order valence-electron chi connectivity index (χ0n) is 15.1. The number of aromatic nitrogens is 2. The summed E-state index contributed by atoms with van der Waals surface area (Å²) in [4.78, 5) is 36.3. The van der Waals surface area contributed by atoms with Crippen molar-refractivity contribution in [1.29, 1.82) is 0 Å². The predicted molar refractivity (Wildman–Crippen MR) is 99.1 cm³/mol. The number of nitrogens with zero attached hydrogens (tertiary/aromatic N) is 3. The maximum atomic E-state index is 12.6. The molecular formula is C17H20N4O5S. The normalized spacial score (nSPS) is 14.7. The molecular weight excluding hydrogens is 372 g/mol. The molecule has 0 aliphatic heterocycles. The molecule has 0 radical (unpaired) electrons. The van der Waals surface area contributed by atoms with Crippen LogP contribution in [0.5, 0.6) is 0 Å². The van der Waals surface area contributed by atoms with Gasteiger partial charge < -0.3 is 10.1 Å². The van der Waals surface area contributed by atoms with Crippen molar-refractivity contribution in [3.05, 3.63) is 38.5 Å². The van der Waals surface area contributed by atoms with E-state index in [-0.39, 0.29) is 5.69 Å². The summed E-state index contributed by atoms with van der Waals surface area (Å²) in [6.07, 6.45) is 7.11.